The van der Waals surface area contributed by atoms with Crippen LogP contribution in [0.15, 0.2) is 24.3 Å². The summed E-state index contributed by atoms with van der Waals surface area (Å²) in [5.41, 5.74) is 6.93. The Labute approximate surface area is 121 Å². The van der Waals surface area contributed by atoms with Crippen molar-refractivity contribution in [3.8, 4) is 5.75 Å². The van der Waals surface area contributed by atoms with Crippen molar-refractivity contribution in [2.24, 2.45) is 11.1 Å². The minimum atomic E-state index is -0.0799. The summed E-state index contributed by atoms with van der Waals surface area (Å²) in [5, 5.41) is 0. The van der Waals surface area contributed by atoms with Crippen molar-refractivity contribution in [2.45, 2.75) is 26.8 Å². The number of nitrogens with two attached hydrogens (primary N) is 1. The van der Waals surface area contributed by atoms with Gasteiger partial charge in [-0.1, -0.05) is 38.2 Å². The zero-order valence-corrected chi connectivity index (χ0v) is 13.1. The highest BCUT2D eigenvalue weighted by molar-refractivity contribution is 7.80. The highest BCUT2D eigenvalue weighted by atomic mass is 32.1. The number of nitrogens with zero attached hydrogens (tertiary/aromatic N) is 1. The lowest BCUT2D eigenvalue weighted by Gasteiger charge is -2.26. The first-order chi connectivity index (χ1) is 8.85. The Morgan fingerprint density at radius 2 is 1.89 bits per heavy atom. The Bertz CT molecular complexity index is 415. The zero-order chi connectivity index (χ0) is 14.5. The molecule has 0 aliphatic rings. The molecule has 0 bridgehead atoms. The van der Waals surface area contributed by atoms with Gasteiger partial charge >= 0.3 is 0 Å². The molecule has 0 unspecified atom stereocenters. The number of thiocarbonyl (C=S) groups is 1. The maximum Gasteiger partial charge on any atom is 0.118 e. The lowest BCUT2D eigenvalue weighted by molar-refractivity contribution is 0.286. The Morgan fingerprint density at radius 1 is 1.32 bits per heavy atom. The number of methoxy groups -OCH3 is 1. The van der Waals surface area contributed by atoms with Gasteiger partial charge in [0.2, 0.25) is 0 Å². The standard InChI is InChI=1S/C15H24N2OS/c1-15(2,14(16)19)9-10-17(3)11-12-5-7-13(18-4)8-6-12/h5-8H,9-11H2,1-4H3,(H2,16,19). The van der Waals surface area contributed by atoms with Gasteiger partial charge in [0.15, 0.2) is 0 Å². The number of ether oxygens (including phenoxy) is 1. The van der Waals surface area contributed by atoms with Gasteiger partial charge < -0.3 is 15.4 Å². The van der Waals surface area contributed by atoms with E-state index in [0.29, 0.717) is 4.99 Å². The molecular formula is C15H24N2OS. The summed E-state index contributed by atoms with van der Waals surface area (Å²) < 4.78 is 5.15. The molecule has 3 nitrogen and oxygen atoms in total. The SMILES string of the molecule is COc1ccc(CN(C)CCC(C)(C)C(N)=S)cc1. The van der Waals surface area contributed by atoms with Gasteiger partial charge in [-0.3, -0.25) is 0 Å². The third-order valence-electron chi connectivity index (χ3n) is 3.40. The van der Waals surface area contributed by atoms with Crippen molar-refractivity contribution >= 4 is 17.2 Å². The van der Waals surface area contributed by atoms with Crippen molar-refractivity contribution in [1.82, 2.24) is 4.90 Å². The molecule has 0 aliphatic carbocycles. The predicted molar refractivity (Wildman–Crippen MR) is 84.5 cm³/mol. The van der Waals surface area contributed by atoms with E-state index in [4.69, 9.17) is 22.7 Å². The van der Waals surface area contributed by atoms with Crippen molar-refractivity contribution < 1.29 is 4.74 Å². The maximum absolute atomic E-state index is 5.74. The Balaban J connectivity index is 2.46. The van der Waals surface area contributed by atoms with Gasteiger partial charge in [0, 0.05) is 12.0 Å². The summed E-state index contributed by atoms with van der Waals surface area (Å²) >= 11 is 5.09. The molecule has 0 aromatic heterocycles. The Kier molecular flexibility index (Phi) is 5.76. The molecule has 0 spiro atoms. The first-order valence-electron chi connectivity index (χ1n) is 6.46. The Morgan fingerprint density at radius 3 is 2.37 bits per heavy atom. The summed E-state index contributed by atoms with van der Waals surface area (Å²) in [6.45, 7) is 6.07. The van der Waals surface area contributed by atoms with E-state index in [1.165, 1.54) is 5.56 Å². The zero-order valence-electron chi connectivity index (χ0n) is 12.3. The van der Waals surface area contributed by atoms with Crippen molar-refractivity contribution in [3.63, 3.8) is 0 Å². The average molecular weight is 280 g/mol. The van der Waals surface area contributed by atoms with E-state index in [0.717, 1.165) is 25.3 Å². The van der Waals surface area contributed by atoms with Crippen LogP contribution in [0.2, 0.25) is 0 Å². The average Bonchev–Trinajstić information content (AvgIpc) is 2.37. The summed E-state index contributed by atoms with van der Waals surface area (Å²) in [4.78, 5) is 2.87. The van der Waals surface area contributed by atoms with Gasteiger partial charge in [-0.15, -0.1) is 0 Å². The lowest BCUT2D eigenvalue weighted by Crippen LogP contribution is -2.33. The van der Waals surface area contributed by atoms with E-state index in [2.05, 4.69) is 37.9 Å². The molecule has 0 fully saturated rings. The van der Waals surface area contributed by atoms with E-state index in [9.17, 15) is 0 Å². The third kappa shape index (κ3) is 5.17. The fourth-order valence-electron chi connectivity index (χ4n) is 1.72. The topological polar surface area (TPSA) is 38.5 Å². The van der Waals surface area contributed by atoms with Gasteiger partial charge in [0.05, 0.1) is 12.1 Å². The monoisotopic (exact) mass is 280 g/mol. The smallest absolute Gasteiger partial charge is 0.118 e. The first kappa shape index (κ1) is 15.9. The fourth-order valence-corrected chi connectivity index (χ4v) is 1.82. The van der Waals surface area contributed by atoms with Crippen LogP contribution >= 0.6 is 12.2 Å². The lowest BCUT2D eigenvalue weighted by atomic mass is 9.89. The molecule has 0 heterocycles. The molecule has 0 saturated carbocycles. The van der Waals surface area contributed by atoms with Crippen molar-refractivity contribution in [3.05, 3.63) is 29.8 Å². The number of hydrogen-bond acceptors (Lipinski definition) is 3. The number of rotatable bonds is 7. The van der Waals surface area contributed by atoms with Crippen LogP contribution in [0.3, 0.4) is 0 Å². The minimum absolute atomic E-state index is 0.0799. The Hall–Kier alpha value is -1.13. The largest absolute Gasteiger partial charge is 0.497 e. The number of benzene rings is 1. The summed E-state index contributed by atoms with van der Waals surface area (Å²) in [6.07, 6.45) is 0.967. The van der Waals surface area contributed by atoms with Crippen LogP contribution in [0.1, 0.15) is 25.8 Å². The number of hydrogen-bond donors (Lipinski definition) is 1. The van der Waals surface area contributed by atoms with Crippen LogP contribution in [0.4, 0.5) is 0 Å². The third-order valence-corrected chi connectivity index (χ3v) is 3.95. The summed E-state index contributed by atoms with van der Waals surface area (Å²) in [5.74, 6) is 0.890. The van der Waals surface area contributed by atoms with Crippen LogP contribution in [0.25, 0.3) is 0 Å². The van der Waals surface area contributed by atoms with Crippen LogP contribution < -0.4 is 10.5 Å². The molecule has 1 aromatic rings. The minimum Gasteiger partial charge on any atom is -0.497 e. The van der Waals surface area contributed by atoms with Gasteiger partial charge in [0.25, 0.3) is 0 Å². The highest BCUT2D eigenvalue weighted by Crippen LogP contribution is 2.21. The van der Waals surface area contributed by atoms with E-state index >= 15 is 0 Å². The van der Waals surface area contributed by atoms with Gasteiger partial charge in [-0.25, -0.2) is 0 Å². The maximum atomic E-state index is 5.74. The first-order valence-corrected chi connectivity index (χ1v) is 6.87. The molecule has 0 saturated heterocycles. The van der Waals surface area contributed by atoms with Gasteiger partial charge in [-0.05, 0) is 37.7 Å². The summed E-state index contributed by atoms with van der Waals surface area (Å²) in [6, 6.07) is 8.16. The molecular weight excluding hydrogens is 256 g/mol. The van der Waals surface area contributed by atoms with Crippen LogP contribution in [-0.4, -0.2) is 30.6 Å². The summed E-state index contributed by atoms with van der Waals surface area (Å²) in [7, 11) is 3.79. The fraction of sp³-hybridized carbons (Fsp3) is 0.533. The molecule has 0 atom stereocenters. The molecule has 0 radical (unpaired) electrons. The van der Waals surface area contributed by atoms with E-state index in [1.807, 2.05) is 12.1 Å². The van der Waals surface area contributed by atoms with Crippen molar-refractivity contribution in [1.29, 1.82) is 0 Å². The predicted octanol–water partition coefficient (Wildman–Crippen LogP) is 2.83. The van der Waals surface area contributed by atoms with Gasteiger partial charge in [0.1, 0.15) is 5.75 Å². The molecule has 19 heavy (non-hydrogen) atoms. The quantitative estimate of drug-likeness (QED) is 0.780. The molecule has 4 heteroatoms. The molecule has 0 aliphatic heterocycles. The van der Waals surface area contributed by atoms with Gasteiger partial charge in [-0.2, -0.15) is 0 Å². The van der Waals surface area contributed by atoms with Crippen LogP contribution in [-0.2, 0) is 6.54 Å². The molecule has 1 rings (SSSR count). The molecule has 0 amide bonds. The van der Waals surface area contributed by atoms with E-state index < -0.39 is 0 Å². The van der Waals surface area contributed by atoms with Crippen LogP contribution in [0.5, 0.6) is 5.75 Å². The molecule has 1 aromatic carbocycles. The highest BCUT2D eigenvalue weighted by Gasteiger charge is 2.21. The normalized spacial score (nSPS) is 11.6. The molecule has 106 valence electrons. The van der Waals surface area contributed by atoms with Crippen molar-refractivity contribution in [2.75, 3.05) is 20.7 Å². The van der Waals surface area contributed by atoms with E-state index in [-0.39, 0.29) is 5.41 Å². The van der Waals surface area contributed by atoms with E-state index in [1.54, 1.807) is 7.11 Å². The van der Waals surface area contributed by atoms with Crippen LogP contribution in [0, 0.1) is 5.41 Å². The second-order valence-corrected chi connectivity index (χ2v) is 6.02. The molecule has 2 N–H and O–H groups in total. The second kappa shape index (κ2) is 6.87. The second-order valence-electron chi connectivity index (χ2n) is 5.58.